The van der Waals surface area contributed by atoms with Gasteiger partial charge in [0.05, 0.1) is 25.7 Å². The average Bonchev–Trinajstić information content (AvgIpc) is 3.00. The fraction of sp³-hybridized carbons (Fsp3) is 0.231. The molecule has 0 aliphatic heterocycles. The van der Waals surface area contributed by atoms with E-state index in [-0.39, 0.29) is 6.16 Å². The van der Waals surface area contributed by atoms with E-state index in [0.29, 0.717) is 11.5 Å². The predicted octanol–water partition coefficient (Wildman–Crippen LogP) is 6.38. The van der Waals surface area contributed by atoms with Crippen LogP contribution < -0.4 is 13.8 Å². The molecule has 220 valence electrons. The molecule has 3 aromatic rings. The van der Waals surface area contributed by atoms with E-state index >= 15 is 0 Å². The van der Waals surface area contributed by atoms with E-state index in [0.717, 1.165) is 22.4 Å². The summed E-state index contributed by atoms with van der Waals surface area (Å²) in [5, 5.41) is 8.83. The molecule has 0 fully saturated rings. The molecular weight excluding hydrogens is 621 g/mol. The number of ether oxygens (including phenoxy) is 1. The zero-order valence-corrected chi connectivity index (χ0v) is 27.8. The second kappa shape index (κ2) is 16.2. The lowest BCUT2D eigenvalue weighted by Gasteiger charge is -2.17. The van der Waals surface area contributed by atoms with Crippen LogP contribution in [-0.2, 0) is 43.4 Å². The summed E-state index contributed by atoms with van der Waals surface area (Å²) in [6.45, 7) is 0. The van der Waals surface area contributed by atoms with Gasteiger partial charge in [-0.15, -0.1) is 0 Å². The molecule has 2 atom stereocenters. The van der Waals surface area contributed by atoms with Crippen molar-refractivity contribution < 1.29 is 27.4 Å². The van der Waals surface area contributed by atoms with Gasteiger partial charge in [-0.2, -0.15) is 10.2 Å². The Morgan fingerprint density at radius 1 is 0.707 bits per heavy atom. The molecule has 0 saturated carbocycles. The third kappa shape index (κ3) is 10.7. The number of hydrazone groups is 2. The van der Waals surface area contributed by atoms with Crippen LogP contribution >= 0.6 is 21.7 Å². The average molecular weight is 655 g/mol. The summed E-state index contributed by atoms with van der Waals surface area (Å²) in [6, 6.07) is 22.2. The van der Waals surface area contributed by atoms with E-state index in [1.54, 1.807) is 67.5 Å². The smallest absolute Gasteiger partial charge is 0.334 e. The highest BCUT2D eigenvalue weighted by atomic mass is 32.4. The Labute approximate surface area is 252 Å². The molecule has 2 unspecified atom stereocenters. The molecule has 0 spiro atoms. The molecule has 0 bridgehead atoms. The summed E-state index contributed by atoms with van der Waals surface area (Å²) in [5.41, 5.74) is 2.60. The number of hydrogen-bond donors (Lipinski definition) is 0. The quantitative estimate of drug-likeness (QED) is 0.104. The van der Waals surface area contributed by atoms with Gasteiger partial charge in [-0.3, -0.25) is 4.57 Å². The van der Waals surface area contributed by atoms with Crippen LogP contribution in [0.25, 0.3) is 0 Å². The second-order valence-electron chi connectivity index (χ2n) is 8.39. The molecule has 0 aromatic heterocycles. The van der Waals surface area contributed by atoms with Gasteiger partial charge in [-0.1, -0.05) is 12.1 Å². The third-order valence-corrected chi connectivity index (χ3v) is 11.6. The van der Waals surface area contributed by atoms with Crippen molar-refractivity contribution in [2.75, 3.05) is 35.4 Å². The normalized spacial score (nSPS) is 13.2. The minimum atomic E-state index is -3.14. The number of nitrogens with zero attached hydrogens (tertiary/aromatic N) is 4. The number of benzene rings is 3. The molecule has 0 aliphatic carbocycles. The van der Waals surface area contributed by atoms with Crippen molar-refractivity contribution in [2.45, 2.75) is 6.16 Å². The van der Waals surface area contributed by atoms with E-state index in [2.05, 4.69) is 10.2 Å². The summed E-state index contributed by atoms with van der Waals surface area (Å²) in [6.07, 6.45) is 3.60. The highest BCUT2D eigenvalue weighted by Gasteiger charge is 2.21. The maximum Gasteiger partial charge on any atom is 0.334 e. The van der Waals surface area contributed by atoms with E-state index < -0.39 is 21.7 Å². The molecule has 0 amide bonds. The van der Waals surface area contributed by atoms with E-state index in [9.17, 15) is 4.57 Å². The van der Waals surface area contributed by atoms with Crippen molar-refractivity contribution in [3.63, 3.8) is 0 Å². The standard InChI is InChI=1S/C26H33N4O6P3S2/c1-29(27-18-21-6-12-24(32-3)13-7-21)37(40)35-25-14-8-22(9-15-25)19-28-30(2)38(41)36-26-16-10-23(11-17-26)20-39(31,33-4)34-5/h6-19,37-38H,20H2,1-5H3/b27-18+,28-19+. The van der Waals surface area contributed by atoms with Gasteiger partial charge < -0.3 is 22.8 Å². The summed E-state index contributed by atoms with van der Waals surface area (Å²) < 4.78 is 42.6. The van der Waals surface area contributed by atoms with Crippen molar-refractivity contribution in [3.05, 3.63) is 89.5 Å². The fourth-order valence-electron chi connectivity index (χ4n) is 3.14. The highest BCUT2D eigenvalue weighted by molar-refractivity contribution is 8.02. The number of hydrogen-bond acceptors (Lipinski definition) is 10. The van der Waals surface area contributed by atoms with E-state index in [4.69, 9.17) is 46.4 Å². The summed E-state index contributed by atoms with van der Waals surface area (Å²) in [7, 11) is 1.14. The van der Waals surface area contributed by atoms with Gasteiger partial charge in [0, 0.05) is 28.3 Å². The van der Waals surface area contributed by atoms with E-state index in [1.165, 1.54) is 14.2 Å². The lowest BCUT2D eigenvalue weighted by atomic mass is 10.2. The van der Waals surface area contributed by atoms with Gasteiger partial charge in [-0.25, -0.2) is 9.56 Å². The van der Waals surface area contributed by atoms with Crippen LogP contribution in [-0.4, -0.2) is 57.4 Å². The molecule has 0 radical (unpaired) electrons. The molecule has 0 aliphatic rings. The van der Waals surface area contributed by atoms with Gasteiger partial charge in [0.25, 0.3) is 0 Å². The zero-order chi connectivity index (χ0) is 29.8. The first-order chi connectivity index (χ1) is 19.6. The monoisotopic (exact) mass is 654 g/mol. The second-order valence-corrected chi connectivity index (χ2v) is 15.5. The van der Waals surface area contributed by atoms with Crippen LogP contribution in [0.1, 0.15) is 16.7 Å². The van der Waals surface area contributed by atoms with Crippen molar-refractivity contribution in [3.8, 4) is 17.2 Å². The molecule has 15 heteroatoms. The lowest BCUT2D eigenvalue weighted by Crippen LogP contribution is -2.04. The summed E-state index contributed by atoms with van der Waals surface area (Å²) in [5.74, 6) is 2.04. The maximum atomic E-state index is 12.3. The van der Waals surface area contributed by atoms with Crippen LogP contribution in [0.15, 0.2) is 83.0 Å². The molecule has 3 aromatic carbocycles. The molecule has 3 rings (SSSR count). The van der Waals surface area contributed by atoms with Crippen LogP contribution in [0.4, 0.5) is 0 Å². The molecular formula is C26H33N4O6P3S2. The van der Waals surface area contributed by atoms with Crippen LogP contribution in [0.2, 0.25) is 0 Å². The molecule has 10 nitrogen and oxygen atoms in total. The first-order valence-electron chi connectivity index (χ1n) is 12.2. The first kappa shape index (κ1) is 33.0. The minimum absolute atomic E-state index is 0.171. The Hall–Kier alpha value is -2.55. The zero-order valence-electron chi connectivity index (χ0n) is 23.3. The van der Waals surface area contributed by atoms with Gasteiger partial charge in [-0.05, 0) is 101 Å². The van der Waals surface area contributed by atoms with Gasteiger partial charge in [0.2, 0.25) is 14.1 Å². The summed E-state index contributed by atoms with van der Waals surface area (Å²) in [4.78, 5) is 0. The van der Waals surface area contributed by atoms with E-state index in [1.807, 2.05) is 48.5 Å². The Morgan fingerprint density at radius 2 is 1.10 bits per heavy atom. The Balaban J connectivity index is 1.49. The molecule has 0 saturated heterocycles. The van der Waals surface area contributed by atoms with Gasteiger partial charge in [0.15, 0.2) is 0 Å². The number of methoxy groups -OCH3 is 1. The number of rotatable bonds is 15. The fourth-order valence-corrected chi connectivity index (χ4v) is 6.31. The first-order valence-corrected chi connectivity index (χ1v) is 18.9. The van der Waals surface area contributed by atoms with Crippen molar-refractivity contribution in [1.29, 1.82) is 0 Å². The van der Waals surface area contributed by atoms with Crippen LogP contribution in [0.3, 0.4) is 0 Å². The predicted molar refractivity (Wildman–Crippen MR) is 175 cm³/mol. The van der Waals surface area contributed by atoms with Crippen molar-refractivity contribution in [1.82, 2.24) is 9.56 Å². The van der Waals surface area contributed by atoms with Gasteiger partial charge >= 0.3 is 7.60 Å². The third-order valence-electron chi connectivity index (χ3n) is 5.55. The Morgan fingerprint density at radius 3 is 1.49 bits per heavy atom. The minimum Gasteiger partial charge on any atom is -0.497 e. The van der Waals surface area contributed by atoms with Crippen molar-refractivity contribution >= 4 is 57.8 Å². The SMILES string of the molecule is COc1ccc(/C=N/N(C)[PH](=S)Oc2ccc(/C=N/N(C)[PH](=S)Oc3ccc(CP(=O)(OC)OC)cc3)cc2)cc1. The van der Waals surface area contributed by atoms with Crippen molar-refractivity contribution in [2.24, 2.45) is 10.2 Å². The highest BCUT2D eigenvalue weighted by Crippen LogP contribution is 2.49. The summed E-state index contributed by atoms with van der Waals surface area (Å²) >= 11 is 11.1. The van der Waals surface area contributed by atoms with Gasteiger partial charge in [0.1, 0.15) is 17.2 Å². The molecule has 41 heavy (non-hydrogen) atoms. The lowest BCUT2D eigenvalue weighted by molar-refractivity contribution is 0.275. The molecule has 0 heterocycles. The largest absolute Gasteiger partial charge is 0.497 e. The Bertz CT molecular complexity index is 1420. The Kier molecular flexibility index (Phi) is 13.0. The van der Waals surface area contributed by atoms with Crippen LogP contribution in [0, 0.1) is 0 Å². The topological polar surface area (TPSA) is 94.4 Å². The van der Waals surface area contributed by atoms with Crippen LogP contribution in [0.5, 0.6) is 17.2 Å². The maximum absolute atomic E-state index is 12.3. The molecule has 0 N–H and O–H groups in total.